The van der Waals surface area contributed by atoms with Gasteiger partial charge < -0.3 is 4.42 Å². The fraction of sp³-hybridized carbons (Fsp3) is 0.211. The molecule has 0 amide bonds. The Kier molecular flexibility index (Phi) is 5.20. The van der Waals surface area contributed by atoms with Crippen molar-refractivity contribution >= 4 is 10.0 Å². The van der Waals surface area contributed by atoms with Gasteiger partial charge in [-0.1, -0.05) is 30.3 Å². The predicted octanol–water partition coefficient (Wildman–Crippen LogP) is 3.62. The summed E-state index contributed by atoms with van der Waals surface area (Å²) >= 11 is 0. The highest BCUT2D eigenvalue weighted by atomic mass is 32.2. The van der Waals surface area contributed by atoms with Crippen molar-refractivity contribution in [2.24, 2.45) is 0 Å². The zero-order valence-corrected chi connectivity index (χ0v) is 15.3. The van der Waals surface area contributed by atoms with Crippen molar-refractivity contribution < 1.29 is 17.2 Å². The number of hydrogen-bond acceptors (Lipinski definition) is 4. The molecule has 3 rings (SSSR count). The highest BCUT2D eigenvalue weighted by molar-refractivity contribution is 7.89. The number of hydrogen-bond donors (Lipinski definition) is 1. The molecule has 3 aromatic rings. The average Bonchev–Trinajstić information content (AvgIpc) is 2.98. The standard InChI is InChI=1S/C19H19FN2O3S/c1-13-12-16(8-9-17(13)20)26(23,24)21-11-10-18-19(22-14(2)25-18)15-6-4-3-5-7-15/h3-9,12,21H,10-11H2,1-2H3. The molecule has 0 atom stereocenters. The van der Waals surface area contributed by atoms with E-state index in [4.69, 9.17) is 4.42 Å². The zero-order chi connectivity index (χ0) is 18.7. The molecule has 0 aliphatic rings. The first-order valence-electron chi connectivity index (χ1n) is 8.14. The Morgan fingerprint density at radius 1 is 1.12 bits per heavy atom. The number of aryl methyl sites for hydroxylation is 2. The lowest BCUT2D eigenvalue weighted by atomic mass is 10.1. The molecule has 2 aromatic carbocycles. The molecule has 0 unspecified atom stereocenters. The van der Waals surface area contributed by atoms with Gasteiger partial charge in [-0.25, -0.2) is 22.5 Å². The molecule has 1 aromatic heterocycles. The first-order valence-corrected chi connectivity index (χ1v) is 9.63. The van der Waals surface area contributed by atoms with Crippen LogP contribution in [0.2, 0.25) is 0 Å². The molecule has 0 fully saturated rings. The summed E-state index contributed by atoms with van der Waals surface area (Å²) in [6, 6.07) is 13.3. The Balaban J connectivity index is 1.73. The summed E-state index contributed by atoms with van der Waals surface area (Å²) in [7, 11) is -3.72. The van der Waals surface area contributed by atoms with Crippen molar-refractivity contribution in [2.45, 2.75) is 25.2 Å². The summed E-state index contributed by atoms with van der Waals surface area (Å²) in [5, 5.41) is 0. The molecule has 1 N–H and O–H groups in total. The summed E-state index contributed by atoms with van der Waals surface area (Å²) in [4.78, 5) is 4.43. The van der Waals surface area contributed by atoms with Gasteiger partial charge in [-0.15, -0.1) is 0 Å². The van der Waals surface area contributed by atoms with E-state index in [0.29, 0.717) is 23.8 Å². The fourth-order valence-electron chi connectivity index (χ4n) is 2.63. The molecule has 0 saturated carbocycles. The lowest BCUT2D eigenvalue weighted by molar-refractivity contribution is 0.473. The highest BCUT2D eigenvalue weighted by Gasteiger charge is 2.17. The maximum absolute atomic E-state index is 13.3. The number of nitrogens with zero attached hydrogens (tertiary/aromatic N) is 1. The van der Waals surface area contributed by atoms with E-state index in [1.807, 2.05) is 30.3 Å². The van der Waals surface area contributed by atoms with E-state index >= 15 is 0 Å². The van der Waals surface area contributed by atoms with Crippen LogP contribution in [0, 0.1) is 19.7 Å². The molecule has 0 spiro atoms. The van der Waals surface area contributed by atoms with Crippen LogP contribution in [-0.2, 0) is 16.4 Å². The number of oxazole rings is 1. The van der Waals surface area contributed by atoms with Gasteiger partial charge >= 0.3 is 0 Å². The lowest BCUT2D eigenvalue weighted by Crippen LogP contribution is -2.26. The first-order chi connectivity index (χ1) is 12.4. The third kappa shape index (κ3) is 4.00. The van der Waals surface area contributed by atoms with Gasteiger partial charge in [0.15, 0.2) is 5.89 Å². The minimum atomic E-state index is -3.72. The minimum absolute atomic E-state index is 0.0356. The van der Waals surface area contributed by atoms with Gasteiger partial charge in [0.05, 0.1) is 4.90 Å². The molecular formula is C19H19FN2O3S. The Hall–Kier alpha value is -2.51. The molecule has 5 nitrogen and oxygen atoms in total. The lowest BCUT2D eigenvalue weighted by Gasteiger charge is -2.08. The molecule has 26 heavy (non-hydrogen) atoms. The monoisotopic (exact) mass is 374 g/mol. The predicted molar refractivity (Wildman–Crippen MR) is 96.7 cm³/mol. The molecule has 0 radical (unpaired) electrons. The van der Waals surface area contributed by atoms with Crippen molar-refractivity contribution in [3.05, 3.63) is 71.6 Å². The van der Waals surface area contributed by atoms with Gasteiger partial charge in [-0.2, -0.15) is 0 Å². The Bertz CT molecular complexity index is 1010. The van der Waals surface area contributed by atoms with E-state index in [-0.39, 0.29) is 17.0 Å². The van der Waals surface area contributed by atoms with Gasteiger partial charge in [0.25, 0.3) is 0 Å². The minimum Gasteiger partial charge on any atom is -0.445 e. The second kappa shape index (κ2) is 7.39. The molecule has 7 heteroatoms. The maximum atomic E-state index is 13.3. The van der Waals surface area contributed by atoms with Crippen LogP contribution < -0.4 is 4.72 Å². The zero-order valence-electron chi connectivity index (χ0n) is 14.5. The van der Waals surface area contributed by atoms with Crippen LogP contribution >= 0.6 is 0 Å². The van der Waals surface area contributed by atoms with E-state index < -0.39 is 15.8 Å². The smallest absolute Gasteiger partial charge is 0.240 e. The van der Waals surface area contributed by atoms with Crippen LogP contribution in [-0.4, -0.2) is 19.9 Å². The van der Waals surface area contributed by atoms with Gasteiger partial charge in [-0.3, -0.25) is 0 Å². The number of sulfonamides is 1. The van der Waals surface area contributed by atoms with Gasteiger partial charge in [0.1, 0.15) is 17.3 Å². The number of halogens is 1. The Morgan fingerprint density at radius 2 is 1.85 bits per heavy atom. The van der Waals surface area contributed by atoms with Crippen molar-refractivity contribution in [3.8, 4) is 11.3 Å². The van der Waals surface area contributed by atoms with Gasteiger partial charge in [-0.05, 0) is 30.7 Å². The second-order valence-electron chi connectivity index (χ2n) is 5.93. The van der Waals surface area contributed by atoms with Crippen LogP contribution in [0.1, 0.15) is 17.2 Å². The fourth-order valence-corrected chi connectivity index (χ4v) is 3.74. The third-order valence-corrected chi connectivity index (χ3v) is 5.39. The van der Waals surface area contributed by atoms with E-state index in [9.17, 15) is 12.8 Å². The van der Waals surface area contributed by atoms with Crippen LogP contribution in [0.3, 0.4) is 0 Å². The largest absolute Gasteiger partial charge is 0.445 e. The van der Waals surface area contributed by atoms with E-state index in [0.717, 1.165) is 11.6 Å². The molecule has 0 aliphatic carbocycles. The van der Waals surface area contributed by atoms with Crippen LogP contribution in [0.5, 0.6) is 0 Å². The topological polar surface area (TPSA) is 72.2 Å². The van der Waals surface area contributed by atoms with Crippen LogP contribution in [0.25, 0.3) is 11.3 Å². The summed E-state index contributed by atoms with van der Waals surface area (Å²) in [5.41, 5.74) is 1.90. The van der Waals surface area contributed by atoms with Crippen molar-refractivity contribution in [1.82, 2.24) is 9.71 Å². The summed E-state index contributed by atoms with van der Waals surface area (Å²) < 4.78 is 46.2. The van der Waals surface area contributed by atoms with E-state index in [1.165, 1.54) is 19.1 Å². The van der Waals surface area contributed by atoms with Crippen LogP contribution in [0.4, 0.5) is 4.39 Å². The molecular weight excluding hydrogens is 355 g/mol. The molecule has 0 bridgehead atoms. The van der Waals surface area contributed by atoms with Crippen molar-refractivity contribution in [3.63, 3.8) is 0 Å². The number of benzene rings is 2. The third-order valence-electron chi connectivity index (χ3n) is 3.94. The highest BCUT2D eigenvalue weighted by Crippen LogP contribution is 2.24. The summed E-state index contributed by atoms with van der Waals surface area (Å²) in [5.74, 6) is 0.705. The van der Waals surface area contributed by atoms with Crippen molar-refractivity contribution in [2.75, 3.05) is 6.54 Å². The van der Waals surface area contributed by atoms with E-state index in [2.05, 4.69) is 9.71 Å². The quantitative estimate of drug-likeness (QED) is 0.715. The average molecular weight is 374 g/mol. The number of aromatic nitrogens is 1. The summed E-state index contributed by atoms with van der Waals surface area (Å²) in [6.45, 7) is 3.42. The molecule has 136 valence electrons. The van der Waals surface area contributed by atoms with E-state index in [1.54, 1.807) is 6.92 Å². The molecule has 1 heterocycles. The van der Waals surface area contributed by atoms with Crippen molar-refractivity contribution in [1.29, 1.82) is 0 Å². The number of nitrogens with one attached hydrogen (secondary N) is 1. The first kappa shape index (κ1) is 18.3. The Morgan fingerprint density at radius 3 is 2.54 bits per heavy atom. The maximum Gasteiger partial charge on any atom is 0.240 e. The Labute approximate surface area is 151 Å². The SMILES string of the molecule is Cc1nc(-c2ccccc2)c(CCNS(=O)(=O)c2ccc(F)c(C)c2)o1. The molecule has 0 aliphatic heterocycles. The summed E-state index contributed by atoms with van der Waals surface area (Å²) in [6.07, 6.45) is 0.352. The second-order valence-corrected chi connectivity index (χ2v) is 7.70. The van der Waals surface area contributed by atoms with Gasteiger partial charge in [0.2, 0.25) is 10.0 Å². The van der Waals surface area contributed by atoms with Crippen LogP contribution in [0.15, 0.2) is 57.8 Å². The molecule has 0 saturated heterocycles. The number of rotatable bonds is 6. The normalized spacial score (nSPS) is 11.7. The van der Waals surface area contributed by atoms with Gasteiger partial charge in [0, 0.05) is 25.5 Å².